The van der Waals surface area contributed by atoms with E-state index in [0.717, 1.165) is 39.8 Å². The monoisotopic (exact) mass is 279 g/mol. The molecule has 0 aliphatic carbocycles. The Morgan fingerprint density at radius 3 is 2.53 bits per heavy atom. The van der Waals surface area contributed by atoms with Crippen LogP contribution in [-0.4, -0.2) is 7.05 Å². The lowest BCUT2D eigenvalue weighted by atomic mass is 10.1. The lowest BCUT2D eigenvalue weighted by Gasteiger charge is -2.08. The zero-order chi connectivity index (χ0) is 13.8. The minimum atomic E-state index is 0.421. The summed E-state index contributed by atoms with van der Waals surface area (Å²) >= 11 is 6.12. The summed E-state index contributed by atoms with van der Waals surface area (Å²) < 4.78 is 11.2. The zero-order valence-corrected chi connectivity index (χ0v) is 12.2. The molecule has 0 aliphatic heterocycles. The molecule has 0 fully saturated rings. The van der Waals surface area contributed by atoms with Gasteiger partial charge in [0.25, 0.3) is 0 Å². The fraction of sp³-hybridized carbons (Fsp3) is 0.333. The number of halogens is 1. The second kappa shape index (κ2) is 6.13. The summed E-state index contributed by atoms with van der Waals surface area (Å²) in [5.74, 6) is 1.63. The van der Waals surface area contributed by atoms with Crippen molar-refractivity contribution in [1.29, 1.82) is 0 Å². The van der Waals surface area contributed by atoms with Crippen molar-refractivity contribution in [1.82, 2.24) is 5.32 Å². The number of benzene rings is 1. The van der Waals surface area contributed by atoms with E-state index in [0.29, 0.717) is 6.61 Å². The Hall–Kier alpha value is -1.45. The van der Waals surface area contributed by atoms with Gasteiger partial charge in [0.05, 0.1) is 6.26 Å². The number of nitrogens with one attached hydrogen (secondary N) is 1. The molecule has 2 aromatic rings. The summed E-state index contributed by atoms with van der Waals surface area (Å²) in [5.41, 5.74) is 3.16. The van der Waals surface area contributed by atoms with Gasteiger partial charge in [0, 0.05) is 17.1 Å². The van der Waals surface area contributed by atoms with E-state index in [9.17, 15) is 0 Å². The SMILES string of the molecule is CNCc1coc(COc2cc(C)c(Cl)c(C)c2)c1. The van der Waals surface area contributed by atoms with Gasteiger partial charge in [0.2, 0.25) is 0 Å². The van der Waals surface area contributed by atoms with Gasteiger partial charge in [-0.2, -0.15) is 0 Å². The first-order valence-electron chi connectivity index (χ1n) is 6.20. The van der Waals surface area contributed by atoms with Crippen LogP contribution in [0.4, 0.5) is 0 Å². The van der Waals surface area contributed by atoms with Gasteiger partial charge in [-0.1, -0.05) is 11.6 Å². The standard InChI is InChI=1S/C15H18ClNO2/c1-10-4-13(5-11(2)15(10)16)19-9-14-6-12(7-17-3)8-18-14/h4-6,8,17H,7,9H2,1-3H3. The molecule has 0 amide bonds. The van der Waals surface area contributed by atoms with Gasteiger partial charge in [-0.05, 0) is 50.2 Å². The minimum absolute atomic E-state index is 0.421. The van der Waals surface area contributed by atoms with Gasteiger partial charge in [0.1, 0.15) is 18.1 Å². The number of hydrogen-bond donors (Lipinski definition) is 1. The third-order valence-corrected chi connectivity index (χ3v) is 3.48. The van der Waals surface area contributed by atoms with Gasteiger partial charge in [-0.25, -0.2) is 0 Å². The highest BCUT2D eigenvalue weighted by molar-refractivity contribution is 6.32. The summed E-state index contributed by atoms with van der Waals surface area (Å²) in [6.45, 7) is 5.16. The maximum atomic E-state index is 6.12. The Labute approximate surface area is 118 Å². The average molecular weight is 280 g/mol. The van der Waals surface area contributed by atoms with Crippen molar-refractivity contribution in [2.24, 2.45) is 0 Å². The third kappa shape index (κ3) is 3.52. The topological polar surface area (TPSA) is 34.4 Å². The number of furan rings is 1. The van der Waals surface area contributed by atoms with Crippen molar-refractivity contribution in [3.63, 3.8) is 0 Å². The molecule has 0 unspecified atom stereocenters. The summed E-state index contributed by atoms with van der Waals surface area (Å²) in [4.78, 5) is 0. The smallest absolute Gasteiger partial charge is 0.146 e. The van der Waals surface area contributed by atoms with E-state index in [2.05, 4.69) is 5.32 Å². The molecule has 1 aromatic carbocycles. The Morgan fingerprint density at radius 1 is 1.21 bits per heavy atom. The molecule has 3 nitrogen and oxygen atoms in total. The first-order valence-corrected chi connectivity index (χ1v) is 6.58. The Bertz CT molecular complexity index is 540. The van der Waals surface area contributed by atoms with Gasteiger partial charge < -0.3 is 14.5 Å². The van der Waals surface area contributed by atoms with Crippen LogP contribution in [0.3, 0.4) is 0 Å². The summed E-state index contributed by atoms with van der Waals surface area (Å²) in [7, 11) is 1.91. The molecule has 0 aliphatic rings. The van der Waals surface area contributed by atoms with E-state index in [4.69, 9.17) is 20.8 Å². The molecule has 0 saturated heterocycles. The molecule has 4 heteroatoms. The summed E-state index contributed by atoms with van der Waals surface area (Å²) in [5, 5.41) is 3.87. The number of ether oxygens (including phenoxy) is 1. The van der Waals surface area contributed by atoms with Crippen LogP contribution in [0.1, 0.15) is 22.5 Å². The molecular formula is C15H18ClNO2. The van der Waals surface area contributed by atoms with Gasteiger partial charge in [0.15, 0.2) is 0 Å². The van der Waals surface area contributed by atoms with Crippen LogP contribution in [0.5, 0.6) is 5.75 Å². The predicted molar refractivity (Wildman–Crippen MR) is 76.7 cm³/mol. The zero-order valence-electron chi connectivity index (χ0n) is 11.4. The molecule has 2 rings (SSSR count). The molecule has 19 heavy (non-hydrogen) atoms. The molecular weight excluding hydrogens is 262 g/mol. The second-order valence-electron chi connectivity index (χ2n) is 4.61. The minimum Gasteiger partial charge on any atom is -0.486 e. The van der Waals surface area contributed by atoms with Crippen molar-refractivity contribution in [3.05, 3.63) is 51.9 Å². The van der Waals surface area contributed by atoms with Gasteiger partial charge in [-0.3, -0.25) is 0 Å². The highest BCUT2D eigenvalue weighted by atomic mass is 35.5. The Balaban J connectivity index is 2.01. The van der Waals surface area contributed by atoms with Crippen LogP contribution in [-0.2, 0) is 13.2 Å². The predicted octanol–water partition coefficient (Wildman–Crippen LogP) is 3.85. The number of aryl methyl sites for hydroxylation is 2. The fourth-order valence-electron chi connectivity index (χ4n) is 1.94. The lowest BCUT2D eigenvalue weighted by molar-refractivity contribution is 0.270. The third-order valence-electron chi connectivity index (χ3n) is 2.88. The van der Waals surface area contributed by atoms with Crippen LogP contribution >= 0.6 is 11.6 Å². The maximum Gasteiger partial charge on any atom is 0.146 e. The van der Waals surface area contributed by atoms with Crippen molar-refractivity contribution in [3.8, 4) is 5.75 Å². The molecule has 1 aromatic heterocycles. The van der Waals surface area contributed by atoms with Crippen LogP contribution in [0.15, 0.2) is 28.9 Å². The normalized spacial score (nSPS) is 10.7. The first kappa shape index (κ1) is 14.0. The van der Waals surface area contributed by atoms with Crippen molar-refractivity contribution >= 4 is 11.6 Å². The summed E-state index contributed by atoms with van der Waals surface area (Å²) in [6.07, 6.45) is 1.74. The van der Waals surface area contributed by atoms with Crippen LogP contribution in [0.25, 0.3) is 0 Å². The Morgan fingerprint density at radius 2 is 1.89 bits per heavy atom. The molecule has 0 atom stereocenters. The van der Waals surface area contributed by atoms with Crippen molar-refractivity contribution in [2.75, 3.05) is 7.05 Å². The molecule has 1 N–H and O–H groups in total. The van der Waals surface area contributed by atoms with E-state index in [1.54, 1.807) is 6.26 Å². The maximum absolute atomic E-state index is 6.12. The number of rotatable bonds is 5. The highest BCUT2D eigenvalue weighted by Gasteiger charge is 2.06. The first-order chi connectivity index (χ1) is 9.10. The molecule has 0 radical (unpaired) electrons. The molecule has 0 spiro atoms. The Kier molecular flexibility index (Phi) is 4.51. The van der Waals surface area contributed by atoms with E-state index in [-0.39, 0.29) is 0 Å². The molecule has 1 heterocycles. The fourth-order valence-corrected chi connectivity index (χ4v) is 2.05. The van der Waals surface area contributed by atoms with E-state index in [1.807, 2.05) is 39.1 Å². The number of hydrogen-bond acceptors (Lipinski definition) is 3. The lowest BCUT2D eigenvalue weighted by Crippen LogP contribution is -2.03. The second-order valence-corrected chi connectivity index (χ2v) is 4.99. The van der Waals surface area contributed by atoms with Gasteiger partial charge >= 0.3 is 0 Å². The average Bonchev–Trinajstić information content (AvgIpc) is 2.81. The van der Waals surface area contributed by atoms with E-state index in [1.165, 1.54) is 0 Å². The van der Waals surface area contributed by atoms with Crippen molar-refractivity contribution in [2.45, 2.75) is 27.0 Å². The van der Waals surface area contributed by atoms with Crippen LogP contribution in [0.2, 0.25) is 5.02 Å². The van der Waals surface area contributed by atoms with Crippen molar-refractivity contribution < 1.29 is 9.15 Å². The van der Waals surface area contributed by atoms with Gasteiger partial charge in [-0.15, -0.1) is 0 Å². The highest BCUT2D eigenvalue weighted by Crippen LogP contribution is 2.26. The molecule has 0 bridgehead atoms. The quantitative estimate of drug-likeness (QED) is 0.903. The van der Waals surface area contributed by atoms with Crippen LogP contribution < -0.4 is 10.1 Å². The van der Waals surface area contributed by atoms with E-state index >= 15 is 0 Å². The molecule has 102 valence electrons. The largest absolute Gasteiger partial charge is 0.486 e. The molecule has 0 saturated carbocycles. The van der Waals surface area contributed by atoms with E-state index < -0.39 is 0 Å². The van der Waals surface area contributed by atoms with Crippen LogP contribution in [0, 0.1) is 13.8 Å². The summed E-state index contributed by atoms with van der Waals surface area (Å²) in [6, 6.07) is 5.87.